The smallest absolute Gasteiger partial charge is 0.338 e. The number of ether oxygens (including phenoxy) is 2. The van der Waals surface area contributed by atoms with Crippen LogP contribution in [0.4, 0.5) is 5.69 Å². The summed E-state index contributed by atoms with van der Waals surface area (Å²) in [7, 11) is 3.06. The highest BCUT2D eigenvalue weighted by Gasteiger charge is 2.10. The van der Waals surface area contributed by atoms with Gasteiger partial charge in [0.25, 0.3) is 0 Å². The van der Waals surface area contributed by atoms with Gasteiger partial charge in [-0.1, -0.05) is 0 Å². The number of methoxy groups -OCH3 is 1. The molecule has 1 aromatic carbocycles. The lowest BCUT2D eigenvalue weighted by Gasteiger charge is -2.07. The fourth-order valence-corrected chi connectivity index (χ4v) is 1.46. The highest BCUT2D eigenvalue weighted by atomic mass is 16.5. The first-order chi connectivity index (χ1) is 9.06. The zero-order valence-corrected chi connectivity index (χ0v) is 11.1. The molecule has 0 spiro atoms. The summed E-state index contributed by atoms with van der Waals surface area (Å²) in [5.74, 6) is -0.0681. The van der Waals surface area contributed by atoms with Crippen molar-refractivity contribution in [2.75, 3.05) is 26.5 Å². The first kappa shape index (κ1) is 14.8. The summed E-state index contributed by atoms with van der Waals surface area (Å²) in [6, 6.07) is 4.68. The van der Waals surface area contributed by atoms with E-state index in [-0.39, 0.29) is 12.5 Å². The van der Waals surface area contributed by atoms with Crippen molar-refractivity contribution in [1.29, 1.82) is 0 Å². The second-order valence-electron chi connectivity index (χ2n) is 3.91. The summed E-state index contributed by atoms with van der Waals surface area (Å²) in [5.41, 5.74) is 6.40. The lowest BCUT2D eigenvalue weighted by atomic mass is 10.2. The van der Waals surface area contributed by atoms with Gasteiger partial charge in [-0.3, -0.25) is 4.79 Å². The van der Waals surface area contributed by atoms with E-state index < -0.39 is 5.97 Å². The monoisotopic (exact) mass is 266 g/mol. The Morgan fingerprint density at radius 2 is 2.05 bits per heavy atom. The number of hydrogen-bond donors (Lipinski definition) is 2. The molecule has 3 N–H and O–H groups in total. The van der Waals surface area contributed by atoms with Gasteiger partial charge < -0.3 is 20.5 Å². The second-order valence-corrected chi connectivity index (χ2v) is 3.91. The summed E-state index contributed by atoms with van der Waals surface area (Å²) >= 11 is 0. The number of anilines is 1. The molecule has 0 aliphatic carbocycles. The molecule has 104 valence electrons. The summed E-state index contributed by atoms with van der Waals surface area (Å²) in [6.45, 7) is 0.184. The van der Waals surface area contributed by atoms with E-state index in [4.69, 9.17) is 15.2 Å². The van der Waals surface area contributed by atoms with Crippen LogP contribution < -0.4 is 15.8 Å². The molecule has 0 saturated carbocycles. The standard InChI is InChI=1S/C13H18N2O4/c1-15-12(16)4-3-5-19-13(17)9-6-10(14)8-11(7-9)18-2/h6-8H,3-5,14H2,1-2H3,(H,15,16). The molecule has 0 aliphatic heterocycles. The van der Waals surface area contributed by atoms with Crippen molar-refractivity contribution in [2.24, 2.45) is 0 Å². The average molecular weight is 266 g/mol. The summed E-state index contributed by atoms with van der Waals surface area (Å²) in [5, 5.41) is 2.49. The van der Waals surface area contributed by atoms with Crippen LogP contribution in [0.25, 0.3) is 0 Å². The van der Waals surface area contributed by atoms with Crippen LogP contribution in [0, 0.1) is 0 Å². The third-order valence-electron chi connectivity index (χ3n) is 2.46. The zero-order valence-electron chi connectivity index (χ0n) is 11.1. The fourth-order valence-electron chi connectivity index (χ4n) is 1.46. The zero-order chi connectivity index (χ0) is 14.3. The van der Waals surface area contributed by atoms with E-state index in [0.717, 1.165) is 0 Å². The molecule has 19 heavy (non-hydrogen) atoms. The van der Waals surface area contributed by atoms with Gasteiger partial charge in [0, 0.05) is 25.2 Å². The maximum atomic E-state index is 11.7. The first-order valence-electron chi connectivity index (χ1n) is 5.89. The van der Waals surface area contributed by atoms with Crippen molar-refractivity contribution in [2.45, 2.75) is 12.8 Å². The van der Waals surface area contributed by atoms with Crippen LogP contribution in [0.1, 0.15) is 23.2 Å². The van der Waals surface area contributed by atoms with Gasteiger partial charge in [-0.05, 0) is 18.6 Å². The molecular formula is C13H18N2O4. The minimum Gasteiger partial charge on any atom is -0.497 e. The van der Waals surface area contributed by atoms with Gasteiger partial charge in [-0.25, -0.2) is 4.79 Å². The molecule has 0 unspecified atom stereocenters. The Balaban J connectivity index is 2.49. The average Bonchev–Trinajstić information content (AvgIpc) is 2.42. The van der Waals surface area contributed by atoms with Crippen molar-refractivity contribution in [3.63, 3.8) is 0 Å². The van der Waals surface area contributed by atoms with E-state index in [1.165, 1.54) is 13.2 Å². The molecule has 1 aromatic rings. The highest BCUT2D eigenvalue weighted by molar-refractivity contribution is 5.91. The van der Waals surface area contributed by atoms with E-state index >= 15 is 0 Å². The molecule has 0 saturated heterocycles. The highest BCUT2D eigenvalue weighted by Crippen LogP contribution is 2.19. The number of carbonyl (C=O) groups is 2. The van der Waals surface area contributed by atoms with Crippen LogP contribution in [0.2, 0.25) is 0 Å². The van der Waals surface area contributed by atoms with Crippen LogP contribution >= 0.6 is 0 Å². The van der Waals surface area contributed by atoms with E-state index in [0.29, 0.717) is 29.8 Å². The Kier molecular flexibility index (Phi) is 5.66. The molecule has 0 aromatic heterocycles. The summed E-state index contributed by atoms with van der Waals surface area (Å²) in [6.07, 6.45) is 0.800. The molecule has 6 heteroatoms. The maximum absolute atomic E-state index is 11.7. The Labute approximate surface area is 111 Å². The van der Waals surface area contributed by atoms with Crippen LogP contribution in [0.15, 0.2) is 18.2 Å². The van der Waals surface area contributed by atoms with Crippen LogP contribution in [-0.2, 0) is 9.53 Å². The molecule has 0 fully saturated rings. The number of nitrogen functional groups attached to an aromatic ring is 1. The van der Waals surface area contributed by atoms with Crippen LogP contribution in [0.5, 0.6) is 5.75 Å². The number of carbonyl (C=O) groups excluding carboxylic acids is 2. The van der Waals surface area contributed by atoms with Crippen LogP contribution in [-0.4, -0.2) is 32.6 Å². The summed E-state index contributed by atoms with van der Waals surface area (Å²) < 4.78 is 10.1. The summed E-state index contributed by atoms with van der Waals surface area (Å²) in [4.78, 5) is 22.7. The Morgan fingerprint density at radius 1 is 1.32 bits per heavy atom. The number of benzene rings is 1. The molecule has 1 amide bonds. The largest absolute Gasteiger partial charge is 0.497 e. The van der Waals surface area contributed by atoms with Crippen molar-refractivity contribution >= 4 is 17.6 Å². The maximum Gasteiger partial charge on any atom is 0.338 e. The van der Waals surface area contributed by atoms with Gasteiger partial charge in [0.05, 0.1) is 19.3 Å². The Bertz CT molecular complexity index is 460. The van der Waals surface area contributed by atoms with Crippen molar-refractivity contribution in [3.05, 3.63) is 23.8 Å². The van der Waals surface area contributed by atoms with Gasteiger partial charge in [0.2, 0.25) is 5.91 Å². The van der Waals surface area contributed by atoms with Gasteiger partial charge in [-0.15, -0.1) is 0 Å². The van der Waals surface area contributed by atoms with Gasteiger partial charge in [0.15, 0.2) is 0 Å². The molecule has 1 rings (SSSR count). The Hall–Kier alpha value is -2.24. The second kappa shape index (κ2) is 7.25. The predicted molar refractivity (Wildman–Crippen MR) is 71.0 cm³/mol. The van der Waals surface area contributed by atoms with E-state index in [1.807, 2.05) is 0 Å². The number of amides is 1. The van der Waals surface area contributed by atoms with Gasteiger partial charge >= 0.3 is 5.97 Å². The van der Waals surface area contributed by atoms with E-state index in [2.05, 4.69) is 5.32 Å². The molecule has 0 radical (unpaired) electrons. The molecular weight excluding hydrogens is 248 g/mol. The van der Waals surface area contributed by atoms with Crippen molar-refractivity contribution in [1.82, 2.24) is 5.32 Å². The van der Waals surface area contributed by atoms with Crippen LogP contribution in [0.3, 0.4) is 0 Å². The van der Waals surface area contributed by atoms with Gasteiger partial charge in [-0.2, -0.15) is 0 Å². The predicted octanol–water partition coefficient (Wildman–Crippen LogP) is 0.960. The quantitative estimate of drug-likeness (QED) is 0.454. The number of nitrogens with two attached hydrogens (primary N) is 1. The third-order valence-corrected chi connectivity index (χ3v) is 2.46. The molecule has 6 nitrogen and oxygen atoms in total. The van der Waals surface area contributed by atoms with E-state index in [9.17, 15) is 9.59 Å². The minimum absolute atomic E-state index is 0.0818. The Morgan fingerprint density at radius 3 is 2.68 bits per heavy atom. The molecule has 0 aliphatic rings. The first-order valence-corrected chi connectivity index (χ1v) is 5.89. The number of rotatable bonds is 6. The topological polar surface area (TPSA) is 90.7 Å². The SMILES string of the molecule is CNC(=O)CCCOC(=O)c1cc(N)cc(OC)c1. The fraction of sp³-hybridized carbons (Fsp3) is 0.385. The number of hydrogen-bond acceptors (Lipinski definition) is 5. The lowest BCUT2D eigenvalue weighted by molar-refractivity contribution is -0.120. The van der Waals surface area contributed by atoms with Gasteiger partial charge in [0.1, 0.15) is 5.75 Å². The normalized spacial score (nSPS) is 9.79. The van der Waals surface area contributed by atoms with E-state index in [1.54, 1.807) is 19.2 Å². The molecule has 0 heterocycles. The molecule has 0 atom stereocenters. The minimum atomic E-state index is -0.484. The molecule has 0 bridgehead atoms. The van der Waals surface area contributed by atoms with Crippen molar-refractivity contribution in [3.8, 4) is 5.75 Å². The number of esters is 1. The van der Waals surface area contributed by atoms with Crippen molar-refractivity contribution < 1.29 is 19.1 Å². The lowest BCUT2D eigenvalue weighted by Crippen LogP contribution is -2.18. The number of nitrogens with one attached hydrogen (secondary N) is 1. The third kappa shape index (κ3) is 4.87.